The van der Waals surface area contributed by atoms with Gasteiger partial charge in [0.15, 0.2) is 11.5 Å². The summed E-state index contributed by atoms with van der Waals surface area (Å²) in [4.78, 5) is 27.3. The summed E-state index contributed by atoms with van der Waals surface area (Å²) in [6, 6.07) is 16.1. The number of hydrogen-bond acceptors (Lipinski definition) is 7. The van der Waals surface area contributed by atoms with Gasteiger partial charge >= 0.3 is 0 Å². The van der Waals surface area contributed by atoms with Crippen molar-refractivity contribution in [1.29, 1.82) is 0 Å². The van der Waals surface area contributed by atoms with E-state index in [-0.39, 0.29) is 11.4 Å². The number of fused-ring (bicyclic) bond motifs is 2. The minimum atomic E-state index is -0.481. The number of primary amides is 1. The highest BCUT2D eigenvalue weighted by Gasteiger charge is 2.30. The third-order valence-electron chi connectivity index (χ3n) is 5.54. The average molecular weight is 463 g/mol. The van der Waals surface area contributed by atoms with Gasteiger partial charge in [-0.3, -0.25) is 9.59 Å². The molecule has 168 valence electrons. The number of nitrogens with zero attached hydrogens (tertiary/aromatic N) is 1. The number of ether oxygens (including phenoxy) is 2. The predicted molar refractivity (Wildman–Crippen MR) is 127 cm³/mol. The number of hydrogen-bond donors (Lipinski definition) is 3. The van der Waals surface area contributed by atoms with Crippen LogP contribution in [0.25, 0.3) is 0 Å². The lowest BCUT2D eigenvalue weighted by Crippen LogP contribution is -2.32. The molecule has 1 unspecified atom stereocenters. The molecular formula is C24H22N4O4S. The lowest BCUT2D eigenvalue weighted by Gasteiger charge is -2.26. The van der Waals surface area contributed by atoms with Crippen LogP contribution in [-0.4, -0.2) is 30.5 Å². The van der Waals surface area contributed by atoms with E-state index in [0.29, 0.717) is 41.5 Å². The summed E-state index contributed by atoms with van der Waals surface area (Å²) in [6.45, 7) is 2.93. The number of nitrogens with two attached hydrogens (primary N) is 2. The van der Waals surface area contributed by atoms with E-state index in [4.69, 9.17) is 20.9 Å². The Morgan fingerprint density at radius 2 is 1.73 bits per heavy atom. The van der Waals surface area contributed by atoms with Crippen molar-refractivity contribution in [3.63, 3.8) is 0 Å². The van der Waals surface area contributed by atoms with E-state index < -0.39 is 5.91 Å². The lowest BCUT2D eigenvalue weighted by atomic mass is 10.1. The summed E-state index contributed by atoms with van der Waals surface area (Å²) in [5.41, 5.74) is 15.7. The molecule has 2 heterocycles. The fourth-order valence-corrected chi connectivity index (χ4v) is 4.96. The first-order valence-corrected chi connectivity index (χ1v) is 11.3. The van der Waals surface area contributed by atoms with Crippen LogP contribution in [0.3, 0.4) is 0 Å². The summed E-state index contributed by atoms with van der Waals surface area (Å²) in [6.07, 6.45) is 0. The van der Waals surface area contributed by atoms with Crippen LogP contribution < -0.4 is 31.2 Å². The molecule has 3 aromatic carbocycles. The van der Waals surface area contributed by atoms with Gasteiger partial charge in [0.25, 0.3) is 5.91 Å². The van der Waals surface area contributed by atoms with E-state index in [9.17, 15) is 9.59 Å². The van der Waals surface area contributed by atoms with Gasteiger partial charge in [-0.25, -0.2) is 0 Å². The van der Waals surface area contributed by atoms with Gasteiger partial charge in [-0.1, -0.05) is 17.8 Å². The Bertz CT molecular complexity index is 1280. The van der Waals surface area contributed by atoms with Crippen molar-refractivity contribution in [1.82, 2.24) is 0 Å². The molecule has 0 aromatic heterocycles. The number of rotatable bonds is 4. The fourth-order valence-electron chi connectivity index (χ4n) is 3.88. The van der Waals surface area contributed by atoms with Gasteiger partial charge in [-0.2, -0.15) is 0 Å². The molecule has 3 aromatic rings. The van der Waals surface area contributed by atoms with E-state index >= 15 is 0 Å². The van der Waals surface area contributed by atoms with Gasteiger partial charge in [0.1, 0.15) is 18.7 Å². The summed E-state index contributed by atoms with van der Waals surface area (Å²) >= 11 is 1.45. The second kappa shape index (κ2) is 8.34. The number of thioether (sulfide) groups is 1. The first kappa shape index (κ1) is 21.2. The molecule has 0 radical (unpaired) electrons. The van der Waals surface area contributed by atoms with Crippen LogP contribution in [0.1, 0.15) is 26.3 Å². The largest absolute Gasteiger partial charge is 0.486 e. The van der Waals surface area contributed by atoms with Crippen LogP contribution in [-0.2, 0) is 0 Å². The van der Waals surface area contributed by atoms with Crippen molar-refractivity contribution in [3.8, 4) is 11.5 Å². The summed E-state index contributed by atoms with van der Waals surface area (Å²) in [5.74, 6) is 0.457. The maximum absolute atomic E-state index is 12.9. The lowest BCUT2D eigenvalue weighted by molar-refractivity contribution is 0.0997. The molecule has 0 bridgehead atoms. The van der Waals surface area contributed by atoms with E-state index in [2.05, 4.69) is 5.32 Å². The zero-order chi connectivity index (χ0) is 23.1. The molecule has 1 atom stereocenters. The van der Waals surface area contributed by atoms with Crippen LogP contribution in [0.2, 0.25) is 0 Å². The van der Waals surface area contributed by atoms with Gasteiger partial charge < -0.3 is 31.2 Å². The molecule has 2 aliphatic rings. The van der Waals surface area contributed by atoms with Crippen LogP contribution in [0.15, 0.2) is 59.5 Å². The second-order valence-corrected chi connectivity index (χ2v) is 8.90. The van der Waals surface area contributed by atoms with Crippen molar-refractivity contribution < 1.29 is 19.1 Å². The minimum Gasteiger partial charge on any atom is -0.486 e. The summed E-state index contributed by atoms with van der Waals surface area (Å²) in [5, 5.41) is 2.95. The Morgan fingerprint density at radius 3 is 2.52 bits per heavy atom. The SMILES string of the molecule is Cc1ccc(NC(=O)c2ccc3c(c2)OCCO3)cc1N1c2ccc(C(N)=O)cc2SC1N. The molecule has 9 heteroatoms. The molecule has 33 heavy (non-hydrogen) atoms. The normalized spacial score (nSPS) is 16.3. The molecule has 2 aliphatic heterocycles. The van der Waals surface area contributed by atoms with E-state index in [1.54, 1.807) is 30.3 Å². The van der Waals surface area contributed by atoms with Gasteiger partial charge in [-0.05, 0) is 61.0 Å². The minimum absolute atomic E-state index is 0.256. The highest BCUT2D eigenvalue weighted by molar-refractivity contribution is 8.00. The van der Waals surface area contributed by atoms with Crippen molar-refractivity contribution in [2.45, 2.75) is 17.3 Å². The first-order valence-electron chi connectivity index (χ1n) is 10.4. The fraction of sp³-hybridized carbons (Fsp3) is 0.167. The van der Waals surface area contributed by atoms with Gasteiger partial charge in [0, 0.05) is 27.4 Å². The number of anilines is 3. The van der Waals surface area contributed by atoms with Crippen LogP contribution >= 0.6 is 11.8 Å². The quantitative estimate of drug-likeness (QED) is 0.542. The Labute approximate surface area is 194 Å². The third kappa shape index (κ3) is 3.96. The Hall–Kier alpha value is -3.69. The van der Waals surface area contributed by atoms with Crippen molar-refractivity contribution >= 4 is 40.6 Å². The van der Waals surface area contributed by atoms with Gasteiger partial charge in [0.05, 0.1) is 5.69 Å². The Balaban J connectivity index is 1.42. The first-order chi connectivity index (χ1) is 15.9. The van der Waals surface area contributed by atoms with Crippen molar-refractivity contribution in [3.05, 3.63) is 71.3 Å². The molecule has 2 amide bonds. The number of benzene rings is 3. The predicted octanol–water partition coefficient (Wildman–Crippen LogP) is 3.60. The standard InChI is InChI=1S/C24H22N4O4S/c1-13-2-5-16(27-23(30)15-4-7-19-20(10-15)32-9-8-31-19)12-18(13)28-17-6-3-14(22(25)29)11-21(17)33-24(28)26/h2-7,10-12,24H,8-9,26H2,1H3,(H2,25,29)(H,27,30). The highest BCUT2D eigenvalue weighted by atomic mass is 32.2. The maximum Gasteiger partial charge on any atom is 0.255 e. The van der Waals surface area contributed by atoms with E-state index in [1.807, 2.05) is 36.1 Å². The molecule has 0 spiro atoms. The maximum atomic E-state index is 12.9. The van der Waals surface area contributed by atoms with Gasteiger partial charge in [-0.15, -0.1) is 0 Å². The Kier molecular flexibility index (Phi) is 5.35. The number of nitrogens with one attached hydrogen (secondary N) is 1. The van der Waals surface area contributed by atoms with Gasteiger partial charge in [0.2, 0.25) is 5.91 Å². The zero-order valence-electron chi connectivity index (χ0n) is 17.8. The molecule has 0 saturated heterocycles. The molecule has 5 rings (SSSR count). The topological polar surface area (TPSA) is 120 Å². The van der Waals surface area contributed by atoms with Crippen LogP contribution in [0, 0.1) is 6.92 Å². The zero-order valence-corrected chi connectivity index (χ0v) is 18.6. The molecule has 5 N–H and O–H groups in total. The second-order valence-electron chi connectivity index (χ2n) is 7.74. The number of carbonyl (C=O) groups is 2. The molecular weight excluding hydrogens is 440 g/mol. The molecule has 0 saturated carbocycles. The average Bonchev–Trinajstić information content (AvgIpc) is 3.14. The Morgan fingerprint density at radius 1 is 0.970 bits per heavy atom. The monoisotopic (exact) mass is 462 g/mol. The number of amides is 2. The third-order valence-corrected chi connectivity index (χ3v) is 6.57. The highest BCUT2D eigenvalue weighted by Crippen LogP contribution is 2.47. The summed E-state index contributed by atoms with van der Waals surface area (Å²) < 4.78 is 11.1. The van der Waals surface area contributed by atoms with Crippen LogP contribution in [0.5, 0.6) is 11.5 Å². The molecule has 8 nitrogen and oxygen atoms in total. The molecule has 0 aliphatic carbocycles. The van der Waals surface area contributed by atoms with Crippen LogP contribution in [0.4, 0.5) is 17.1 Å². The number of carbonyl (C=O) groups excluding carboxylic acids is 2. The van der Waals surface area contributed by atoms with E-state index in [0.717, 1.165) is 21.8 Å². The van der Waals surface area contributed by atoms with Crippen molar-refractivity contribution in [2.75, 3.05) is 23.4 Å². The van der Waals surface area contributed by atoms with E-state index in [1.165, 1.54) is 11.8 Å². The van der Waals surface area contributed by atoms with Crippen molar-refractivity contribution in [2.24, 2.45) is 11.5 Å². The summed E-state index contributed by atoms with van der Waals surface area (Å²) in [7, 11) is 0. The number of aryl methyl sites for hydroxylation is 1. The molecule has 0 fully saturated rings. The smallest absolute Gasteiger partial charge is 0.255 e.